The smallest absolute Gasteiger partial charge is 0.244 e. The molecule has 1 unspecified atom stereocenters. The van der Waals surface area contributed by atoms with Crippen molar-refractivity contribution >= 4 is 28.5 Å². The predicted molar refractivity (Wildman–Crippen MR) is 97.0 cm³/mol. The van der Waals surface area contributed by atoms with Gasteiger partial charge in [0.15, 0.2) is 0 Å². The topological polar surface area (TPSA) is 76.0 Å². The lowest BCUT2D eigenvalue weighted by Gasteiger charge is -2.15. The van der Waals surface area contributed by atoms with Crippen LogP contribution in [0.1, 0.15) is 25.7 Å². The summed E-state index contributed by atoms with van der Waals surface area (Å²) in [5.74, 6) is 0.366. The highest BCUT2D eigenvalue weighted by Gasteiger charge is 2.19. The van der Waals surface area contributed by atoms with E-state index in [1.54, 1.807) is 0 Å². The maximum atomic E-state index is 12.5. The average Bonchev–Trinajstić information content (AvgIpc) is 2.94. The molecule has 0 bridgehead atoms. The van der Waals surface area contributed by atoms with Crippen molar-refractivity contribution in [2.24, 2.45) is 0 Å². The number of aromatic nitrogens is 2. The van der Waals surface area contributed by atoms with Gasteiger partial charge >= 0.3 is 0 Å². The summed E-state index contributed by atoms with van der Waals surface area (Å²) in [6, 6.07) is 16.6. The molecule has 1 aromatic heterocycles. The van der Waals surface area contributed by atoms with Crippen LogP contribution in [0.3, 0.4) is 0 Å². The number of anilines is 1. The average molecular weight is 336 g/mol. The van der Waals surface area contributed by atoms with Crippen molar-refractivity contribution in [3.8, 4) is 0 Å². The zero-order valence-corrected chi connectivity index (χ0v) is 14.2. The molecule has 6 nitrogen and oxygen atoms in total. The van der Waals surface area contributed by atoms with Gasteiger partial charge in [-0.15, -0.1) is 0 Å². The molecular formula is C19H20N4O2. The van der Waals surface area contributed by atoms with Crippen LogP contribution in [0.25, 0.3) is 11.0 Å². The summed E-state index contributed by atoms with van der Waals surface area (Å²) in [5, 5.41) is 5.71. The lowest BCUT2D eigenvalue weighted by Crippen LogP contribution is -2.28. The van der Waals surface area contributed by atoms with Crippen molar-refractivity contribution in [3.05, 3.63) is 60.4 Å². The molecule has 128 valence electrons. The molecule has 3 aromatic rings. The number of hydrogen-bond donors (Lipinski definition) is 2. The van der Waals surface area contributed by atoms with Gasteiger partial charge in [-0.1, -0.05) is 30.3 Å². The Morgan fingerprint density at radius 1 is 1.08 bits per heavy atom. The number of hydrogen-bond acceptors (Lipinski definition) is 3. The highest BCUT2D eigenvalue weighted by atomic mass is 16.2. The minimum absolute atomic E-state index is 0.120. The fourth-order valence-electron chi connectivity index (χ4n) is 2.83. The number of carbonyl (C=O) groups is 2. The molecule has 3 rings (SSSR count). The zero-order chi connectivity index (χ0) is 17.8. The van der Waals surface area contributed by atoms with Crippen molar-refractivity contribution < 1.29 is 9.59 Å². The van der Waals surface area contributed by atoms with Crippen LogP contribution < -0.4 is 10.6 Å². The van der Waals surface area contributed by atoms with E-state index >= 15 is 0 Å². The summed E-state index contributed by atoms with van der Waals surface area (Å²) in [5.41, 5.74) is 2.40. The Morgan fingerprint density at radius 3 is 2.48 bits per heavy atom. The van der Waals surface area contributed by atoms with Crippen LogP contribution >= 0.6 is 0 Å². The molecule has 0 radical (unpaired) electrons. The molecule has 0 fully saturated rings. The molecule has 25 heavy (non-hydrogen) atoms. The normalized spacial score (nSPS) is 11.9. The number of nitrogens with zero attached hydrogens (tertiary/aromatic N) is 2. The van der Waals surface area contributed by atoms with E-state index < -0.39 is 0 Å². The van der Waals surface area contributed by atoms with E-state index in [0.29, 0.717) is 5.82 Å². The van der Waals surface area contributed by atoms with Crippen molar-refractivity contribution in [1.82, 2.24) is 14.9 Å². The van der Waals surface area contributed by atoms with Gasteiger partial charge in [-0.05, 0) is 31.2 Å². The highest BCUT2D eigenvalue weighted by Crippen LogP contribution is 2.21. The summed E-state index contributed by atoms with van der Waals surface area (Å²) in [7, 11) is 0. The van der Waals surface area contributed by atoms with Crippen molar-refractivity contribution in [1.29, 1.82) is 0 Å². The highest BCUT2D eigenvalue weighted by molar-refractivity contribution is 5.91. The van der Waals surface area contributed by atoms with Gasteiger partial charge < -0.3 is 15.2 Å². The van der Waals surface area contributed by atoms with Gasteiger partial charge in [0.25, 0.3) is 0 Å². The van der Waals surface area contributed by atoms with Crippen LogP contribution in [0.4, 0.5) is 5.69 Å². The van der Waals surface area contributed by atoms with Gasteiger partial charge in [0.2, 0.25) is 11.8 Å². The van der Waals surface area contributed by atoms with Gasteiger partial charge in [-0.25, -0.2) is 4.98 Å². The fourth-order valence-corrected chi connectivity index (χ4v) is 2.83. The number of para-hydroxylation sites is 3. The first-order chi connectivity index (χ1) is 12.0. The molecule has 1 heterocycles. The van der Waals surface area contributed by atoms with Gasteiger partial charge in [-0.3, -0.25) is 9.59 Å². The first-order valence-electron chi connectivity index (χ1n) is 8.12. The lowest BCUT2D eigenvalue weighted by molar-refractivity contribution is -0.119. The summed E-state index contributed by atoms with van der Waals surface area (Å²) < 4.78 is 1.84. The number of carbonyl (C=O) groups excluding carboxylic acids is 2. The Hall–Kier alpha value is -3.15. The number of nitrogens with one attached hydrogen (secondary N) is 2. The van der Waals surface area contributed by atoms with Crippen molar-refractivity contribution in [2.45, 2.75) is 26.4 Å². The van der Waals surface area contributed by atoms with Crippen LogP contribution in [-0.4, -0.2) is 21.4 Å². The van der Waals surface area contributed by atoms with E-state index in [2.05, 4.69) is 15.6 Å². The molecule has 1 atom stereocenters. The summed E-state index contributed by atoms with van der Waals surface area (Å²) in [4.78, 5) is 28.5. The van der Waals surface area contributed by atoms with E-state index in [4.69, 9.17) is 0 Å². The molecule has 0 saturated heterocycles. The Labute approximate surface area is 145 Å². The number of benzene rings is 2. The maximum Gasteiger partial charge on any atom is 0.244 e. The Morgan fingerprint density at radius 2 is 1.76 bits per heavy atom. The van der Waals surface area contributed by atoms with Crippen molar-refractivity contribution in [3.63, 3.8) is 0 Å². The van der Waals surface area contributed by atoms with Crippen molar-refractivity contribution in [2.75, 3.05) is 5.32 Å². The molecule has 0 aliphatic heterocycles. The second kappa shape index (κ2) is 7.17. The fraction of sp³-hybridized carbons (Fsp3) is 0.211. The third-order valence-corrected chi connectivity index (χ3v) is 3.85. The quantitative estimate of drug-likeness (QED) is 0.752. The first-order valence-corrected chi connectivity index (χ1v) is 8.12. The number of rotatable bonds is 5. The monoisotopic (exact) mass is 336 g/mol. The van der Waals surface area contributed by atoms with E-state index in [0.717, 1.165) is 16.7 Å². The standard InChI is InChI=1S/C19H20N4O2/c1-13(20-14(2)24)19-22-16-10-6-7-11-17(16)23(19)12-18(25)21-15-8-4-3-5-9-15/h3-11,13H,12H2,1-2H3,(H,20,24)(H,21,25). The van der Waals surface area contributed by atoms with Crippen LogP contribution in [-0.2, 0) is 16.1 Å². The Bertz CT molecular complexity index is 902. The van der Waals surface area contributed by atoms with E-state index in [1.165, 1.54) is 6.92 Å². The van der Waals surface area contributed by atoms with E-state index in [9.17, 15) is 9.59 Å². The molecule has 0 spiro atoms. The second-order valence-corrected chi connectivity index (χ2v) is 5.88. The third kappa shape index (κ3) is 3.85. The van der Waals surface area contributed by atoms with Crippen LogP contribution in [0.5, 0.6) is 0 Å². The first kappa shape index (κ1) is 16.7. The summed E-state index contributed by atoms with van der Waals surface area (Å²) in [6.45, 7) is 3.44. The molecule has 2 aromatic carbocycles. The minimum atomic E-state index is -0.297. The predicted octanol–water partition coefficient (Wildman–Crippen LogP) is 2.87. The van der Waals surface area contributed by atoms with Crippen LogP contribution in [0.2, 0.25) is 0 Å². The maximum absolute atomic E-state index is 12.5. The molecule has 0 aliphatic rings. The third-order valence-electron chi connectivity index (χ3n) is 3.85. The van der Waals surface area contributed by atoms with Gasteiger partial charge in [0.1, 0.15) is 12.4 Å². The number of imidazole rings is 1. The SMILES string of the molecule is CC(=O)NC(C)c1nc2ccccc2n1CC(=O)Nc1ccccc1. The Kier molecular flexibility index (Phi) is 4.79. The second-order valence-electron chi connectivity index (χ2n) is 5.88. The Balaban J connectivity index is 1.90. The molecule has 6 heteroatoms. The minimum Gasteiger partial charge on any atom is -0.347 e. The van der Waals surface area contributed by atoms with E-state index in [-0.39, 0.29) is 24.4 Å². The summed E-state index contributed by atoms with van der Waals surface area (Å²) in [6.07, 6.45) is 0. The zero-order valence-electron chi connectivity index (χ0n) is 14.2. The lowest BCUT2D eigenvalue weighted by atomic mass is 10.3. The molecule has 0 aliphatic carbocycles. The molecule has 0 saturated carbocycles. The van der Waals surface area contributed by atoms with E-state index in [1.807, 2.05) is 66.1 Å². The van der Waals surface area contributed by atoms with Gasteiger partial charge in [0.05, 0.1) is 17.1 Å². The largest absolute Gasteiger partial charge is 0.347 e. The van der Waals surface area contributed by atoms with Crippen LogP contribution in [0, 0.1) is 0 Å². The summed E-state index contributed by atoms with van der Waals surface area (Å²) >= 11 is 0. The van der Waals surface area contributed by atoms with Gasteiger partial charge in [-0.2, -0.15) is 0 Å². The number of amides is 2. The number of fused-ring (bicyclic) bond motifs is 1. The molecule has 2 amide bonds. The van der Waals surface area contributed by atoms with Crippen LogP contribution in [0.15, 0.2) is 54.6 Å². The molecular weight excluding hydrogens is 316 g/mol. The molecule has 2 N–H and O–H groups in total. The van der Waals surface area contributed by atoms with Gasteiger partial charge in [0, 0.05) is 12.6 Å².